The number of ether oxygens (including phenoxy) is 1. The fourth-order valence-electron chi connectivity index (χ4n) is 1.62. The minimum Gasteiger partial charge on any atom is -0.464 e. The number of aliphatic imine (C=N–C) groups is 1. The average Bonchev–Trinajstić information content (AvgIpc) is 2.99. The highest BCUT2D eigenvalue weighted by atomic mass is 17.2. The lowest BCUT2D eigenvalue weighted by Crippen LogP contribution is -2.50. The van der Waals surface area contributed by atoms with Crippen molar-refractivity contribution in [3.05, 3.63) is 18.2 Å². The van der Waals surface area contributed by atoms with E-state index in [0.717, 1.165) is 0 Å². The zero-order valence-corrected chi connectivity index (χ0v) is 12.4. The van der Waals surface area contributed by atoms with Crippen molar-refractivity contribution in [2.75, 3.05) is 13.2 Å². The Morgan fingerprint density at radius 3 is 2.81 bits per heavy atom. The van der Waals surface area contributed by atoms with E-state index in [2.05, 4.69) is 15.0 Å². The number of imidazole rings is 1. The first-order valence-electron chi connectivity index (χ1n) is 6.78. The molecule has 0 saturated carbocycles. The van der Waals surface area contributed by atoms with E-state index in [1.807, 2.05) is 0 Å². The van der Waals surface area contributed by atoms with Gasteiger partial charge in [0.2, 0.25) is 11.8 Å². The first-order valence-corrected chi connectivity index (χ1v) is 6.78. The third kappa shape index (κ3) is 4.35. The van der Waals surface area contributed by atoms with Gasteiger partial charge in [-0.15, -0.1) is 0 Å². The van der Waals surface area contributed by atoms with Gasteiger partial charge in [-0.05, 0) is 20.3 Å². The van der Waals surface area contributed by atoms with Crippen LogP contribution in [0.15, 0.2) is 17.4 Å². The van der Waals surface area contributed by atoms with Crippen LogP contribution in [0, 0.1) is 0 Å². The summed E-state index contributed by atoms with van der Waals surface area (Å²) in [7, 11) is 0. The number of carbonyl (C=O) groups excluding carboxylic acids is 1. The molecule has 0 aromatic carbocycles. The molecule has 1 rings (SSSR count). The summed E-state index contributed by atoms with van der Waals surface area (Å²) in [6.07, 6.45) is 3.09. The molecule has 0 aliphatic rings. The number of aromatic amines is 1. The lowest BCUT2D eigenvalue weighted by atomic mass is 9.96. The smallest absolute Gasteiger partial charge is 0.339 e. The first kappa shape index (κ1) is 17.3. The van der Waals surface area contributed by atoms with Crippen LogP contribution in [0.4, 0.5) is 0 Å². The second kappa shape index (κ2) is 8.50. The van der Waals surface area contributed by atoms with Gasteiger partial charge in [0.15, 0.2) is 0 Å². The lowest BCUT2D eigenvalue weighted by Gasteiger charge is -2.29. The molecule has 2 atom stereocenters. The van der Waals surface area contributed by atoms with Gasteiger partial charge in [0.25, 0.3) is 0 Å². The van der Waals surface area contributed by atoms with Crippen molar-refractivity contribution < 1.29 is 24.4 Å². The van der Waals surface area contributed by atoms with Crippen molar-refractivity contribution in [2.45, 2.75) is 39.0 Å². The predicted molar refractivity (Wildman–Crippen MR) is 74.6 cm³/mol. The SMILES string of the molecule is CCOOC(O)[C@](CC)(N=Cc1ncc[nH]1)C(=O)OCC. The largest absolute Gasteiger partial charge is 0.464 e. The van der Waals surface area contributed by atoms with Gasteiger partial charge in [-0.25, -0.2) is 19.6 Å². The molecule has 21 heavy (non-hydrogen) atoms. The van der Waals surface area contributed by atoms with Crippen LogP contribution in [0.2, 0.25) is 0 Å². The van der Waals surface area contributed by atoms with Crippen LogP contribution in [0.1, 0.15) is 33.0 Å². The Morgan fingerprint density at radius 1 is 1.52 bits per heavy atom. The molecule has 8 heteroatoms. The highest BCUT2D eigenvalue weighted by Gasteiger charge is 2.47. The second-order valence-electron chi connectivity index (χ2n) is 4.09. The van der Waals surface area contributed by atoms with Crippen molar-refractivity contribution in [2.24, 2.45) is 4.99 Å². The number of hydrogen-bond donors (Lipinski definition) is 2. The molecule has 0 bridgehead atoms. The van der Waals surface area contributed by atoms with Gasteiger partial charge < -0.3 is 14.8 Å². The zero-order chi connectivity index (χ0) is 15.7. The molecule has 118 valence electrons. The topological polar surface area (TPSA) is 106 Å². The van der Waals surface area contributed by atoms with Gasteiger partial charge in [0.05, 0.1) is 19.4 Å². The number of nitrogens with one attached hydrogen (secondary N) is 1. The third-order valence-corrected chi connectivity index (χ3v) is 2.79. The van der Waals surface area contributed by atoms with E-state index in [1.165, 1.54) is 6.21 Å². The van der Waals surface area contributed by atoms with E-state index >= 15 is 0 Å². The van der Waals surface area contributed by atoms with Crippen LogP contribution in [0.3, 0.4) is 0 Å². The molecule has 0 amide bonds. The molecule has 1 unspecified atom stereocenters. The number of hydrogen-bond acceptors (Lipinski definition) is 7. The monoisotopic (exact) mass is 299 g/mol. The Balaban J connectivity index is 3.03. The van der Waals surface area contributed by atoms with Crippen molar-refractivity contribution in [1.82, 2.24) is 9.97 Å². The van der Waals surface area contributed by atoms with Gasteiger partial charge in [0.1, 0.15) is 5.82 Å². The fourth-order valence-corrected chi connectivity index (χ4v) is 1.62. The quantitative estimate of drug-likeness (QED) is 0.230. The Hall–Kier alpha value is -1.77. The molecule has 8 nitrogen and oxygen atoms in total. The normalized spacial score (nSPS) is 15.8. The summed E-state index contributed by atoms with van der Waals surface area (Å²) in [5.74, 6) is -0.247. The summed E-state index contributed by atoms with van der Waals surface area (Å²) in [4.78, 5) is 32.6. The second-order valence-corrected chi connectivity index (χ2v) is 4.09. The first-order chi connectivity index (χ1) is 10.1. The predicted octanol–water partition coefficient (Wildman–Crippen LogP) is 0.827. The summed E-state index contributed by atoms with van der Waals surface area (Å²) in [5.41, 5.74) is -1.61. The third-order valence-electron chi connectivity index (χ3n) is 2.79. The van der Waals surface area contributed by atoms with Crippen molar-refractivity contribution >= 4 is 12.2 Å². The Morgan fingerprint density at radius 2 is 2.29 bits per heavy atom. The van der Waals surface area contributed by atoms with Crippen LogP contribution in [0.25, 0.3) is 0 Å². The van der Waals surface area contributed by atoms with Gasteiger partial charge in [-0.3, -0.25) is 4.99 Å². The molecule has 0 fully saturated rings. The Labute approximate surface area is 123 Å². The number of aliphatic hydroxyl groups is 1. The molecule has 1 aromatic heterocycles. The Kier molecular flexibility index (Phi) is 7.00. The molecule has 0 aliphatic carbocycles. The van der Waals surface area contributed by atoms with Gasteiger partial charge in [0, 0.05) is 12.4 Å². The van der Waals surface area contributed by atoms with E-state index in [1.54, 1.807) is 33.2 Å². The van der Waals surface area contributed by atoms with Crippen molar-refractivity contribution in [1.29, 1.82) is 0 Å². The molecular weight excluding hydrogens is 278 g/mol. The van der Waals surface area contributed by atoms with E-state index in [4.69, 9.17) is 14.5 Å². The number of esters is 1. The summed E-state index contributed by atoms with van der Waals surface area (Å²) < 4.78 is 4.99. The van der Waals surface area contributed by atoms with Gasteiger partial charge in [-0.1, -0.05) is 6.92 Å². The molecule has 0 spiro atoms. The maximum Gasteiger partial charge on any atom is 0.339 e. The van der Waals surface area contributed by atoms with Gasteiger partial charge in [-0.2, -0.15) is 0 Å². The number of carbonyl (C=O) groups is 1. The highest BCUT2D eigenvalue weighted by Crippen LogP contribution is 2.24. The molecule has 2 N–H and O–H groups in total. The number of aromatic nitrogens is 2. The Bertz CT molecular complexity index is 449. The summed E-state index contributed by atoms with van der Waals surface area (Å²) >= 11 is 0. The molecule has 0 saturated heterocycles. The van der Waals surface area contributed by atoms with Crippen molar-refractivity contribution in [3.63, 3.8) is 0 Å². The van der Waals surface area contributed by atoms with E-state index in [0.29, 0.717) is 5.82 Å². The number of nitrogens with zero attached hydrogens (tertiary/aromatic N) is 2. The van der Waals surface area contributed by atoms with Gasteiger partial charge >= 0.3 is 5.97 Å². The van der Waals surface area contributed by atoms with Crippen molar-refractivity contribution in [3.8, 4) is 0 Å². The van der Waals surface area contributed by atoms with Crippen LogP contribution in [0.5, 0.6) is 0 Å². The summed E-state index contributed by atoms with van der Waals surface area (Å²) in [5, 5.41) is 10.1. The molecule has 1 heterocycles. The van der Waals surface area contributed by atoms with Crippen LogP contribution in [-0.2, 0) is 19.3 Å². The molecule has 1 aromatic rings. The minimum absolute atomic E-state index is 0.164. The molecule has 0 radical (unpaired) electrons. The molecule has 0 aliphatic heterocycles. The maximum absolute atomic E-state index is 12.2. The fraction of sp³-hybridized carbons (Fsp3) is 0.615. The summed E-state index contributed by atoms with van der Waals surface area (Å²) in [6.45, 7) is 5.44. The van der Waals surface area contributed by atoms with E-state index < -0.39 is 17.8 Å². The standard InChI is InChI=1S/C13H21N3O5/c1-4-13(11(17)19-5-2,12(18)21-20-6-3)16-9-10-14-7-8-15-10/h7-9,12,18H,4-6H2,1-3H3,(H,14,15)/t12?,13-/m1/s1. The molecular formula is C13H21N3O5. The highest BCUT2D eigenvalue weighted by molar-refractivity contribution is 5.85. The maximum atomic E-state index is 12.2. The van der Waals surface area contributed by atoms with E-state index in [-0.39, 0.29) is 19.6 Å². The van der Waals surface area contributed by atoms with Crippen LogP contribution < -0.4 is 0 Å². The number of rotatable bonds is 9. The summed E-state index contributed by atoms with van der Waals surface area (Å²) in [6, 6.07) is 0. The van der Waals surface area contributed by atoms with Crippen LogP contribution in [-0.4, -0.2) is 52.3 Å². The minimum atomic E-state index is -1.61. The number of H-pyrrole nitrogens is 1. The zero-order valence-electron chi connectivity index (χ0n) is 12.4. The van der Waals surface area contributed by atoms with Crippen LogP contribution >= 0.6 is 0 Å². The number of aliphatic hydroxyl groups excluding tert-OH is 1. The van der Waals surface area contributed by atoms with E-state index in [9.17, 15) is 9.90 Å². The lowest BCUT2D eigenvalue weighted by molar-refractivity contribution is -0.378. The average molecular weight is 299 g/mol.